The van der Waals surface area contributed by atoms with E-state index in [-0.39, 0.29) is 6.54 Å². The molecular formula is C12H17NO4S. The van der Waals surface area contributed by atoms with Crippen molar-refractivity contribution in [1.29, 1.82) is 0 Å². The van der Waals surface area contributed by atoms with E-state index in [9.17, 15) is 13.2 Å². The van der Waals surface area contributed by atoms with Crippen molar-refractivity contribution in [2.24, 2.45) is 0 Å². The SMILES string of the molecule is Cc1ccc(CN(C)S(=O)(=O)C(C)C(=O)O)cc1. The summed E-state index contributed by atoms with van der Waals surface area (Å²) in [7, 11) is -2.43. The fraction of sp³-hybridized carbons (Fsp3) is 0.417. The van der Waals surface area contributed by atoms with Crippen molar-refractivity contribution in [2.75, 3.05) is 7.05 Å². The molecule has 1 unspecified atom stereocenters. The average molecular weight is 271 g/mol. The number of carbonyl (C=O) groups is 1. The Bertz CT molecular complexity index is 522. The summed E-state index contributed by atoms with van der Waals surface area (Å²) in [4.78, 5) is 10.7. The summed E-state index contributed by atoms with van der Waals surface area (Å²) in [6.07, 6.45) is 0. The van der Waals surface area contributed by atoms with E-state index in [4.69, 9.17) is 5.11 Å². The highest BCUT2D eigenvalue weighted by Gasteiger charge is 2.31. The van der Waals surface area contributed by atoms with Crippen LogP contribution in [-0.4, -0.2) is 36.1 Å². The molecule has 6 heteroatoms. The lowest BCUT2D eigenvalue weighted by Crippen LogP contribution is -2.38. The Morgan fingerprint density at radius 3 is 2.28 bits per heavy atom. The van der Waals surface area contributed by atoms with Gasteiger partial charge in [0.1, 0.15) is 0 Å². The van der Waals surface area contributed by atoms with Crippen molar-refractivity contribution in [1.82, 2.24) is 4.31 Å². The van der Waals surface area contributed by atoms with Crippen LogP contribution in [0.1, 0.15) is 18.1 Å². The van der Waals surface area contributed by atoms with Gasteiger partial charge in [-0.25, -0.2) is 8.42 Å². The molecule has 1 aromatic rings. The van der Waals surface area contributed by atoms with Crippen LogP contribution in [0.4, 0.5) is 0 Å². The molecule has 100 valence electrons. The normalized spacial score (nSPS) is 13.6. The van der Waals surface area contributed by atoms with E-state index in [1.54, 1.807) is 0 Å². The minimum atomic E-state index is -3.81. The fourth-order valence-corrected chi connectivity index (χ4v) is 2.56. The van der Waals surface area contributed by atoms with E-state index in [2.05, 4.69) is 0 Å². The third-order valence-electron chi connectivity index (χ3n) is 2.75. The second kappa shape index (κ2) is 5.49. The van der Waals surface area contributed by atoms with Crippen LogP contribution < -0.4 is 0 Å². The molecule has 0 amide bonds. The number of rotatable bonds is 5. The van der Waals surface area contributed by atoms with Gasteiger partial charge in [0, 0.05) is 13.6 Å². The fourth-order valence-electron chi connectivity index (χ4n) is 1.44. The summed E-state index contributed by atoms with van der Waals surface area (Å²) in [5.74, 6) is -1.34. The summed E-state index contributed by atoms with van der Waals surface area (Å²) < 4.78 is 24.8. The third kappa shape index (κ3) is 3.30. The molecule has 1 aromatic carbocycles. The van der Waals surface area contributed by atoms with E-state index < -0.39 is 21.2 Å². The predicted octanol–water partition coefficient (Wildman–Crippen LogP) is 1.23. The van der Waals surface area contributed by atoms with Gasteiger partial charge in [-0.1, -0.05) is 29.8 Å². The summed E-state index contributed by atoms with van der Waals surface area (Å²) in [5, 5.41) is 7.33. The van der Waals surface area contributed by atoms with Crippen LogP contribution in [0.15, 0.2) is 24.3 Å². The van der Waals surface area contributed by atoms with Gasteiger partial charge < -0.3 is 5.11 Å². The molecular weight excluding hydrogens is 254 g/mol. The molecule has 0 aliphatic carbocycles. The highest BCUT2D eigenvalue weighted by molar-refractivity contribution is 7.90. The van der Waals surface area contributed by atoms with E-state index in [0.29, 0.717) is 0 Å². The largest absolute Gasteiger partial charge is 0.480 e. The smallest absolute Gasteiger partial charge is 0.323 e. The van der Waals surface area contributed by atoms with Gasteiger partial charge in [-0.2, -0.15) is 4.31 Å². The van der Waals surface area contributed by atoms with Crippen LogP contribution in [0.25, 0.3) is 0 Å². The lowest BCUT2D eigenvalue weighted by molar-refractivity contribution is -0.136. The number of benzene rings is 1. The van der Waals surface area contributed by atoms with Crippen LogP contribution in [0.3, 0.4) is 0 Å². The first kappa shape index (κ1) is 14.7. The van der Waals surface area contributed by atoms with Gasteiger partial charge in [-0.3, -0.25) is 4.79 Å². The van der Waals surface area contributed by atoms with E-state index in [1.807, 2.05) is 31.2 Å². The summed E-state index contributed by atoms with van der Waals surface area (Å²) in [5.41, 5.74) is 1.91. The van der Waals surface area contributed by atoms with Crippen molar-refractivity contribution in [3.63, 3.8) is 0 Å². The van der Waals surface area contributed by atoms with Crippen molar-refractivity contribution in [3.8, 4) is 0 Å². The standard InChI is InChI=1S/C12H17NO4S/c1-9-4-6-11(7-5-9)8-13(3)18(16,17)10(2)12(14)15/h4-7,10H,8H2,1-3H3,(H,14,15). The summed E-state index contributed by atoms with van der Waals surface area (Å²) in [6.45, 7) is 3.28. The van der Waals surface area contributed by atoms with Gasteiger partial charge in [-0.05, 0) is 19.4 Å². The number of carboxylic acid groups (broad SMARTS) is 1. The molecule has 0 aliphatic rings. The number of hydrogen-bond acceptors (Lipinski definition) is 3. The molecule has 0 spiro atoms. The maximum atomic E-state index is 11.9. The highest BCUT2D eigenvalue weighted by Crippen LogP contribution is 2.12. The van der Waals surface area contributed by atoms with Crippen molar-refractivity contribution in [2.45, 2.75) is 25.6 Å². The quantitative estimate of drug-likeness (QED) is 0.874. The van der Waals surface area contributed by atoms with Crippen molar-refractivity contribution in [3.05, 3.63) is 35.4 Å². The summed E-state index contributed by atoms with van der Waals surface area (Å²) >= 11 is 0. The maximum absolute atomic E-state index is 11.9. The molecule has 5 nitrogen and oxygen atoms in total. The zero-order chi connectivity index (χ0) is 13.9. The zero-order valence-corrected chi connectivity index (χ0v) is 11.4. The van der Waals surface area contributed by atoms with E-state index in [0.717, 1.165) is 15.4 Å². The first-order valence-corrected chi connectivity index (χ1v) is 6.99. The third-order valence-corrected chi connectivity index (χ3v) is 4.85. The molecule has 0 radical (unpaired) electrons. The molecule has 0 aliphatic heterocycles. The lowest BCUT2D eigenvalue weighted by atomic mass is 10.1. The Morgan fingerprint density at radius 2 is 1.83 bits per heavy atom. The van der Waals surface area contributed by atoms with Gasteiger partial charge in [-0.15, -0.1) is 0 Å². The minimum Gasteiger partial charge on any atom is -0.480 e. The Labute approximate surface area is 107 Å². The number of carboxylic acids is 1. The van der Waals surface area contributed by atoms with Crippen LogP contribution in [-0.2, 0) is 21.4 Å². The molecule has 18 heavy (non-hydrogen) atoms. The van der Waals surface area contributed by atoms with Crippen LogP contribution in [0, 0.1) is 6.92 Å². The second-order valence-electron chi connectivity index (χ2n) is 4.27. The van der Waals surface area contributed by atoms with E-state index in [1.165, 1.54) is 14.0 Å². The van der Waals surface area contributed by atoms with Crippen molar-refractivity contribution >= 4 is 16.0 Å². The molecule has 0 saturated carbocycles. The van der Waals surface area contributed by atoms with Crippen molar-refractivity contribution < 1.29 is 18.3 Å². The number of aryl methyl sites for hydroxylation is 1. The van der Waals surface area contributed by atoms with Crippen LogP contribution >= 0.6 is 0 Å². The van der Waals surface area contributed by atoms with Gasteiger partial charge in [0.05, 0.1) is 0 Å². The number of hydrogen-bond donors (Lipinski definition) is 1. The number of sulfonamides is 1. The maximum Gasteiger partial charge on any atom is 0.323 e. The number of aliphatic carboxylic acids is 1. The minimum absolute atomic E-state index is 0.167. The Hall–Kier alpha value is -1.40. The average Bonchev–Trinajstić information content (AvgIpc) is 2.30. The lowest BCUT2D eigenvalue weighted by Gasteiger charge is -2.19. The Kier molecular flexibility index (Phi) is 4.48. The Balaban J connectivity index is 2.85. The summed E-state index contributed by atoms with van der Waals surface area (Å²) in [6, 6.07) is 7.42. The van der Waals surface area contributed by atoms with Gasteiger partial charge >= 0.3 is 5.97 Å². The topological polar surface area (TPSA) is 74.7 Å². The van der Waals surface area contributed by atoms with Gasteiger partial charge in [0.2, 0.25) is 10.0 Å². The molecule has 0 bridgehead atoms. The monoisotopic (exact) mass is 271 g/mol. The van der Waals surface area contributed by atoms with Gasteiger partial charge in [0.15, 0.2) is 5.25 Å². The first-order chi connectivity index (χ1) is 8.25. The molecule has 1 rings (SSSR count). The van der Waals surface area contributed by atoms with Crippen LogP contribution in [0.2, 0.25) is 0 Å². The molecule has 0 heterocycles. The number of nitrogens with zero attached hydrogens (tertiary/aromatic N) is 1. The van der Waals surface area contributed by atoms with Crippen LogP contribution in [0.5, 0.6) is 0 Å². The molecule has 0 aromatic heterocycles. The van der Waals surface area contributed by atoms with Gasteiger partial charge in [0.25, 0.3) is 0 Å². The molecule has 1 N–H and O–H groups in total. The highest BCUT2D eigenvalue weighted by atomic mass is 32.2. The predicted molar refractivity (Wildman–Crippen MR) is 68.7 cm³/mol. The molecule has 1 atom stereocenters. The zero-order valence-electron chi connectivity index (χ0n) is 10.6. The van der Waals surface area contributed by atoms with E-state index >= 15 is 0 Å². The molecule has 0 fully saturated rings. The Morgan fingerprint density at radius 1 is 1.33 bits per heavy atom. The second-order valence-corrected chi connectivity index (χ2v) is 6.63. The first-order valence-electron chi connectivity index (χ1n) is 5.48. The molecule has 0 saturated heterocycles.